The number of rotatable bonds is 7. The number of benzene rings is 1. The first-order chi connectivity index (χ1) is 14.0. The molecule has 0 radical (unpaired) electrons. The molecule has 0 heterocycles. The fourth-order valence-electron chi connectivity index (χ4n) is 4.89. The molecule has 1 N–H and O–H groups in total. The number of carbonyl (C=O) groups excluding carboxylic acids is 2. The summed E-state index contributed by atoms with van der Waals surface area (Å²) >= 11 is 0. The first-order valence-corrected chi connectivity index (χ1v) is 11.1. The van der Waals surface area contributed by atoms with Gasteiger partial charge in [-0.25, -0.2) is 0 Å². The van der Waals surface area contributed by atoms with Gasteiger partial charge in [0.1, 0.15) is 5.78 Å². The van der Waals surface area contributed by atoms with Gasteiger partial charge >= 0.3 is 5.97 Å². The van der Waals surface area contributed by atoms with Crippen LogP contribution in [0.4, 0.5) is 0 Å². The van der Waals surface area contributed by atoms with Crippen molar-refractivity contribution in [3.8, 4) is 0 Å². The van der Waals surface area contributed by atoms with E-state index in [9.17, 15) is 14.7 Å². The minimum atomic E-state index is -0.496. The molecule has 4 heteroatoms. The van der Waals surface area contributed by atoms with Gasteiger partial charge in [-0.15, -0.1) is 0 Å². The predicted octanol–water partition coefficient (Wildman–Crippen LogP) is 4.72. The smallest absolute Gasteiger partial charge is 0.305 e. The molecule has 158 valence electrons. The van der Waals surface area contributed by atoms with Gasteiger partial charge in [-0.1, -0.05) is 43.2 Å². The van der Waals surface area contributed by atoms with Crippen LogP contribution in [0.3, 0.4) is 0 Å². The standard InChI is InChI=1S/C25H34O4/c1-29-24(28)15-8-12-19-9-2-3-10-20(19)17-25(16-7-6-14-23(25)27)18-21-11-4-5-13-22(21)26/h2-3,9-10,18,22,26H,4-8,11-17H2,1H3/b21-18+/t22-,25-/m1/s1. The molecule has 29 heavy (non-hydrogen) atoms. The second-order valence-electron chi connectivity index (χ2n) is 8.64. The molecule has 2 aliphatic rings. The summed E-state index contributed by atoms with van der Waals surface area (Å²) in [5.41, 5.74) is 2.96. The van der Waals surface area contributed by atoms with Gasteiger partial charge in [-0.3, -0.25) is 9.59 Å². The number of ether oxygens (including phenoxy) is 1. The zero-order valence-electron chi connectivity index (χ0n) is 17.6. The van der Waals surface area contributed by atoms with Crippen LogP contribution in [0.15, 0.2) is 35.9 Å². The zero-order valence-corrected chi connectivity index (χ0v) is 17.6. The monoisotopic (exact) mass is 398 g/mol. The maximum atomic E-state index is 13.2. The Morgan fingerprint density at radius 1 is 1.17 bits per heavy atom. The molecule has 2 atom stereocenters. The number of ketones is 1. The number of aliphatic hydroxyl groups excluding tert-OH is 1. The average Bonchev–Trinajstić information content (AvgIpc) is 2.73. The topological polar surface area (TPSA) is 63.6 Å². The molecule has 2 saturated carbocycles. The van der Waals surface area contributed by atoms with Gasteiger partial charge in [0.15, 0.2) is 0 Å². The fourth-order valence-corrected chi connectivity index (χ4v) is 4.89. The third-order valence-corrected chi connectivity index (χ3v) is 6.59. The zero-order chi connectivity index (χ0) is 20.7. The van der Waals surface area contributed by atoms with E-state index in [0.717, 1.165) is 63.4 Å². The highest BCUT2D eigenvalue weighted by Gasteiger charge is 2.39. The minimum Gasteiger partial charge on any atom is -0.469 e. The quantitative estimate of drug-likeness (QED) is 0.533. The summed E-state index contributed by atoms with van der Waals surface area (Å²) in [6, 6.07) is 8.28. The minimum absolute atomic E-state index is 0.183. The van der Waals surface area contributed by atoms with Crippen LogP contribution in [0.5, 0.6) is 0 Å². The van der Waals surface area contributed by atoms with E-state index in [2.05, 4.69) is 18.2 Å². The number of carbonyl (C=O) groups is 2. The van der Waals surface area contributed by atoms with E-state index in [1.54, 1.807) is 0 Å². The lowest BCUT2D eigenvalue weighted by atomic mass is 9.67. The van der Waals surface area contributed by atoms with E-state index in [4.69, 9.17) is 4.74 Å². The number of allylic oxidation sites excluding steroid dienone is 1. The lowest BCUT2D eigenvalue weighted by Crippen LogP contribution is -2.36. The van der Waals surface area contributed by atoms with Gasteiger partial charge in [0, 0.05) is 12.8 Å². The van der Waals surface area contributed by atoms with Gasteiger partial charge in [0.25, 0.3) is 0 Å². The highest BCUT2D eigenvalue weighted by molar-refractivity contribution is 5.88. The van der Waals surface area contributed by atoms with Crippen molar-refractivity contribution >= 4 is 11.8 Å². The van der Waals surface area contributed by atoms with Gasteiger partial charge in [0.05, 0.1) is 18.6 Å². The molecule has 1 aromatic carbocycles. The highest BCUT2D eigenvalue weighted by atomic mass is 16.5. The van der Waals surface area contributed by atoms with Gasteiger partial charge in [-0.05, 0) is 68.1 Å². The molecule has 0 spiro atoms. The number of hydrogen-bond acceptors (Lipinski definition) is 4. The van der Waals surface area contributed by atoms with Crippen molar-refractivity contribution in [3.63, 3.8) is 0 Å². The Morgan fingerprint density at radius 3 is 2.66 bits per heavy atom. The first-order valence-electron chi connectivity index (χ1n) is 11.1. The van der Waals surface area contributed by atoms with Crippen molar-refractivity contribution in [1.29, 1.82) is 0 Å². The Labute approximate surface area is 174 Å². The molecule has 1 aromatic rings. The van der Waals surface area contributed by atoms with Crippen molar-refractivity contribution in [2.24, 2.45) is 5.41 Å². The van der Waals surface area contributed by atoms with E-state index in [0.29, 0.717) is 25.0 Å². The molecule has 2 aliphatic carbocycles. The van der Waals surface area contributed by atoms with E-state index >= 15 is 0 Å². The Kier molecular flexibility index (Phi) is 7.65. The molecule has 0 saturated heterocycles. The van der Waals surface area contributed by atoms with Crippen LogP contribution in [0.25, 0.3) is 0 Å². The Bertz CT molecular complexity index is 751. The number of Topliss-reactive ketones (excluding diaryl/α,β-unsaturated/α-hetero) is 1. The number of aliphatic hydroxyl groups is 1. The molecule has 4 nitrogen and oxygen atoms in total. The van der Waals surface area contributed by atoms with Crippen LogP contribution in [-0.4, -0.2) is 30.1 Å². The Morgan fingerprint density at radius 2 is 1.93 bits per heavy atom. The number of methoxy groups -OCH3 is 1. The van der Waals surface area contributed by atoms with Crippen LogP contribution < -0.4 is 0 Å². The molecule has 2 fully saturated rings. The first kappa shape index (κ1) is 21.8. The lowest BCUT2D eigenvalue weighted by Gasteiger charge is -2.36. The lowest BCUT2D eigenvalue weighted by molar-refractivity contribution is -0.140. The van der Waals surface area contributed by atoms with E-state index < -0.39 is 11.5 Å². The van der Waals surface area contributed by atoms with Crippen molar-refractivity contribution in [3.05, 3.63) is 47.0 Å². The normalized spacial score (nSPS) is 26.5. The summed E-state index contributed by atoms with van der Waals surface area (Å²) in [7, 11) is 1.42. The number of esters is 1. The summed E-state index contributed by atoms with van der Waals surface area (Å²) in [5, 5.41) is 10.5. The molecule has 0 amide bonds. The van der Waals surface area contributed by atoms with Crippen LogP contribution in [-0.2, 0) is 27.2 Å². The molecule has 0 aliphatic heterocycles. The molecular weight excluding hydrogens is 364 g/mol. The van der Waals surface area contributed by atoms with Crippen molar-refractivity contribution in [2.45, 2.75) is 83.2 Å². The summed E-state index contributed by atoms with van der Waals surface area (Å²) < 4.78 is 4.75. The average molecular weight is 399 g/mol. The maximum Gasteiger partial charge on any atom is 0.305 e. The molecule has 3 rings (SSSR count). The van der Waals surface area contributed by atoms with Crippen molar-refractivity contribution in [1.82, 2.24) is 0 Å². The van der Waals surface area contributed by atoms with E-state index in [1.165, 1.54) is 18.2 Å². The number of aryl methyl sites for hydroxylation is 1. The van der Waals surface area contributed by atoms with E-state index in [-0.39, 0.29) is 5.97 Å². The Balaban J connectivity index is 1.84. The summed E-state index contributed by atoms with van der Waals surface area (Å²) in [6.45, 7) is 0. The van der Waals surface area contributed by atoms with Gasteiger partial charge in [0.2, 0.25) is 0 Å². The summed E-state index contributed by atoms with van der Waals surface area (Å²) in [4.78, 5) is 24.6. The fraction of sp³-hybridized carbons (Fsp3) is 0.600. The van der Waals surface area contributed by atoms with E-state index in [1.807, 2.05) is 12.1 Å². The third kappa shape index (κ3) is 5.57. The summed E-state index contributed by atoms with van der Waals surface area (Å²) in [6.07, 6.45) is 11.8. The van der Waals surface area contributed by atoms with Gasteiger partial charge < -0.3 is 9.84 Å². The summed E-state index contributed by atoms with van der Waals surface area (Å²) in [5.74, 6) is 0.135. The largest absolute Gasteiger partial charge is 0.469 e. The molecule has 0 bridgehead atoms. The van der Waals surface area contributed by atoms with Gasteiger partial charge in [-0.2, -0.15) is 0 Å². The SMILES string of the molecule is COC(=O)CCCc1ccccc1C[C@@]1(/C=C2\CCCC[C@H]2O)CCCCC1=O. The third-order valence-electron chi connectivity index (χ3n) is 6.59. The molecular formula is C25H34O4. The van der Waals surface area contributed by atoms with Crippen LogP contribution in [0.1, 0.15) is 75.3 Å². The molecule has 0 unspecified atom stereocenters. The predicted molar refractivity (Wildman–Crippen MR) is 114 cm³/mol. The number of hydrogen-bond donors (Lipinski definition) is 1. The van der Waals surface area contributed by atoms with Crippen molar-refractivity contribution < 1.29 is 19.4 Å². The Hall–Kier alpha value is -1.94. The highest BCUT2D eigenvalue weighted by Crippen LogP contribution is 2.41. The van der Waals surface area contributed by atoms with Crippen LogP contribution in [0.2, 0.25) is 0 Å². The van der Waals surface area contributed by atoms with Crippen LogP contribution >= 0.6 is 0 Å². The molecule has 0 aromatic heterocycles. The second-order valence-corrected chi connectivity index (χ2v) is 8.64. The van der Waals surface area contributed by atoms with Crippen LogP contribution in [0, 0.1) is 5.41 Å². The van der Waals surface area contributed by atoms with Crippen molar-refractivity contribution in [2.75, 3.05) is 7.11 Å². The second kappa shape index (κ2) is 10.2. The maximum absolute atomic E-state index is 13.2.